The maximum Gasteiger partial charge on any atom is 0.187 e. The molecule has 4 aromatic rings. The summed E-state index contributed by atoms with van der Waals surface area (Å²) < 4.78 is 1.92. The summed E-state index contributed by atoms with van der Waals surface area (Å²) in [4.78, 5) is 20.3. The number of hydrogen-bond donors (Lipinski definition) is 1. The highest BCUT2D eigenvalue weighted by molar-refractivity contribution is 7.14. The lowest BCUT2D eigenvalue weighted by Crippen LogP contribution is -1.94. The molecule has 25 heavy (non-hydrogen) atoms. The fraction of sp³-hybridized carbons (Fsp3) is 0.0556. The highest BCUT2D eigenvalue weighted by Gasteiger charge is 2.11. The van der Waals surface area contributed by atoms with Crippen LogP contribution in [0.3, 0.4) is 0 Å². The average molecular weight is 369 g/mol. The Bertz CT molecular complexity index is 1070. The minimum Gasteiger partial charge on any atom is -0.332 e. The highest BCUT2D eigenvalue weighted by Crippen LogP contribution is 2.28. The van der Waals surface area contributed by atoms with Gasteiger partial charge in [-0.1, -0.05) is 11.6 Å². The predicted octanol–water partition coefficient (Wildman–Crippen LogP) is 5.06. The standard InChI is InChI=1S/C18H13ClN4OS/c1-11(24)12-2-5-14(6-3-12)21-18-22-15(10-25-18)16-8-20-17-7-4-13(19)9-23(16)17/h2-10H,1H3,(H,21,22). The van der Waals surface area contributed by atoms with Crippen molar-refractivity contribution in [2.45, 2.75) is 6.92 Å². The van der Waals surface area contributed by atoms with Crippen molar-refractivity contribution in [2.24, 2.45) is 0 Å². The number of aromatic nitrogens is 3. The van der Waals surface area contributed by atoms with Crippen LogP contribution in [0.4, 0.5) is 10.8 Å². The molecule has 0 unspecified atom stereocenters. The molecule has 0 spiro atoms. The van der Waals surface area contributed by atoms with Crippen molar-refractivity contribution in [3.8, 4) is 11.4 Å². The first-order chi connectivity index (χ1) is 12.1. The summed E-state index contributed by atoms with van der Waals surface area (Å²) >= 11 is 7.58. The van der Waals surface area contributed by atoms with Gasteiger partial charge in [-0.2, -0.15) is 0 Å². The average Bonchev–Trinajstić information content (AvgIpc) is 3.21. The van der Waals surface area contributed by atoms with E-state index in [1.165, 1.54) is 11.3 Å². The summed E-state index contributed by atoms with van der Waals surface area (Å²) in [5, 5.41) is 6.63. The van der Waals surface area contributed by atoms with Gasteiger partial charge in [0.15, 0.2) is 10.9 Å². The Morgan fingerprint density at radius 2 is 2.00 bits per heavy atom. The number of carbonyl (C=O) groups excluding carboxylic acids is 1. The normalized spacial score (nSPS) is 11.0. The molecule has 3 aromatic heterocycles. The first kappa shape index (κ1) is 15.8. The molecule has 0 saturated heterocycles. The summed E-state index contributed by atoms with van der Waals surface area (Å²) in [5.74, 6) is 0.0503. The lowest BCUT2D eigenvalue weighted by Gasteiger charge is -2.03. The molecule has 0 atom stereocenters. The van der Waals surface area contributed by atoms with Crippen molar-refractivity contribution in [3.63, 3.8) is 0 Å². The van der Waals surface area contributed by atoms with Crippen LogP contribution in [0.2, 0.25) is 5.02 Å². The molecule has 3 heterocycles. The second-order valence-corrected chi connectivity index (χ2v) is 6.81. The predicted molar refractivity (Wildman–Crippen MR) is 101 cm³/mol. The summed E-state index contributed by atoms with van der Waals surface area (Å²) in [5.41, 5.74) is 4.10. The van der Waals surface area contributed by atoms with Crippen molar-refractivity contribution in [1.82, 2.24) is 14.4 Å². The SMILES string of the molecule is CC(=O)c1ccc(Nc2nc(-c3cnc4ccc(Cl)cn34)cs2)cc1. The monoisotopic (exact) mass is 368 g/mol. The Morgan fingerprint density at radius 3 is 2.76 bits per heavy atom. The summed E-state index contributed by atoms with van der Waals surface area (Å²) in [6.45, 7) is 1.55. The molecule has 0 aliphatic rings. The second kappa shape index (κ2) is 6.31. The van der Waals surface area contributed by atoms with Crippen LogP contribution in [0.1, 0.15) is 17.3 Å². The molecule has 0 fully saturated rings. The fourth-order valence-electron chi connectivity index (χ4n) is 2.50. The second-order valence-electron chi connectivity index (χ2n) is 5.52. The van der Waals surface area contributed by atoms with Gasteiger partial charge in [-0.25, -0.2) is 9.97 Å². The van der Waals surface area contributed by atoms with E-state index in [2.05, 4.69) is 15.3 Å². The number of nitrogens with one attached hydrogen (secondary N) is 1. The molecule has 1 N–H and O–H groups in total. The van der Waals surface area contributed by atoms with Gasteiger partial charge in [0.2, 0.25) is 0 Å². The van der Waals surface area contributed by atoms with Gasteiger partial charge in [0.25, 0.3) is 0 Å². The number of hydrogen-bond acceptors (Lipinski definition) is 5. The number of pyridine rings is 1. The zero-order valence-electron chi connectivity index (χ0n) is 13.2. The van der Waals surface area contributed by atoms with Crippen LogP contribution < -0.4 is 5.32 Å². The number of thiazole rings is 1. The van der Waals surface area contributed by atoms with E-state index < -0.39 is 0 Å². The highest BCUT2D eigenvalue weighted by atomic mass is 35.5. The third-order valence-electron chi connectivity index (χ3n) is 3.78. The number of fused-ring (bicyclic) bond motifs is 1. The van der Waals surface area contributed by atoms with Crippen LogP contribution in [-0.2, 0) is 0 Å². The maximum absolute atomic E-state index is 11.3. The maximum atomic E-state index is 11.3. The van der Waals surface area contributed by atoms with E-state index in [1.54, 1.807) is 25.3 Å². The van der Waals surface area contributed by atoms with Crippen molar-refractivity contribution in [3.05, 3.63) is 64.8 Å². The molecule has 0 amide bonds. The zero-order chi connectivity index (χ0) is 17.4. The largest absolute Gasteiger partial charge is 0.332 e. The van der Waals surface area contributed by atoms with Gasteiger partial charge in [-0.05, 0) is 43.3 Å². The van der Waals surface area contributed by atoms with E-state index in [9.17, 15) is 4.79 Å². The number of nitrogens with zero attached hydrogens (tertiary/aromatic N) is 3. The van der Waals surface area contributed by atoms with Crippen LogP contribution in [0, 0.1) is 0 Å². The first-order valence-electron chi connectivity index (χ1n) is 7.57. The Kier molecular flexibility index (Phi) is 3.99. The first-order valence-corrected chi connectivity index (χ1v) is 8.82. The van der Waals surface area contributed by atoms with E-state index in [4.69, 9.17) is 11.6 Å². The smallest absolute Gasteiger partial charge is 0.187 e. The molecule has 1 aromatic carbocycles. The zero-order valence-corrected chi connectivity index (χ0v) is 14.8. The minimum atomic E-state index is 0.0503. The van der Waals surface area contributed by atoms with Gasteiger partial charge in [0, 0.05) is 22.8 Å². The molecule has 124 valence electrons. The Hall–Kier alpha value is -2.70. The van der Waals surface area contributed by atoms with Crippen LogP contribution in [0.15, 0.2) is 54.2 Å². The minimum absolute atomic E-state index is 0.0503. The number of benzene rings is 1. The van der Waals surface area contributed by atoms with Crippen molar-refractivity contribution in [1.29, 1.82) is 0 Å². The van der Waals surface area contributed by atoms with Crippen molar-refractivity contribution < 1.29 is 4.79 Å². The number of ketones is 1. The Labute approximate surface area is 152 Å². The van der Waals surface area contributed by atoms with Crippen molar-refractivity contribution >= 4 is 45.2 Å². The molecule has 5 nitrogen and oxygen atoms in total. The number of anilines is 2. The van der Waals surface area contributed by atoms with E-state index in [0.717, 1.165) is 27.9 Å². The topological polar surface area (TPSA) is 59.3 Å². The number of rotatable bonds is 4. The molecule has 0 saturated carbocycles. The van der Waals surface area contributed by atoms with Gasteiger partial charge >= 0.3 is 0 Å². The number of imidazole rings is 1. The fourth-order valence-corrected chi connectivity index (χ4v) is 3.39. The molecule has 0 radical (unpaired) electrons. The van der Waals surface area contributed by atoms with E-state index in [-0.39, 0.29) is 5.78 Å². The van der Waals surface area contributed by atoms with Crippen LogP contribution in [0.25, 0.3) is 17.0 Å². The van der Waals surface area contributed by atoms with Gasteiger partial charge in [-0.15, -0.1) is 11.3 Å². The summed E-state index contributed by atoms with van der Waals surface area (Å²) in [6, 6.07) is 11.0. The Morgan fingerprint density at radius 1 is 1.20 bits per heavy atom. The van der Waals surface area contributed by atoms with Gasteiger partial charge in [0.05, 0.1) is 16.9 Å². The molecule has 7 heteroatoms. The number of Topliss-reactive ketones (excluding diaryl/α,β-unsaturated/α-hetero) is 1. The summed E-state index contributed by atoms with van der Waals surface area (Å²) in [7, 11) is 0. The number of halogens is 1. The van der Waals surface area contributed by atoms with Gasteiger partial charge < -0.3 is 5.32 Å². The molecule has 0 aliphatic heterocycles. The lowest BCUT2D eigenvalue weighted by molar-refractivity contribution is 0.101. The third kappa shape index (κ3) is 3.14. The number of carbonyl (C=O) groups is 1. The van der Waals surface area contributed by atoms with E-state index in [0.29, 0.717) is 10.6 Å². The van der Waals surface area contributed by atoms with E-state index in [1.807, 2.05) is 40.2 Å². The molecule has 4 rings (SSSR count). The third-order valence-corrected chi connectivity index (χ3v) is 4.76. The van der Waals surface area contributed by atoms with Crippen LogP contribution in [0.5, 0.6) is 0 Å². The Balaban J connectivity index is 1.61. The molecular formula is C18H13ClN4OS. The van der Waals surface area contributed by atoms with Gasteiger partial charge in [0.1, 0.15) is 11.3 Å². The van der Waals surface area contributed by atoms with E-state index >= 15 is 0 Å². The van der Waals surface area contributed by atoms with Gasteiger partial charge in [-0.3, -0.25) is 9.20 Å². The quantitative estimate of drug-likeness (QED) is 0.511. The molecule has 0 aliphatic carbocycles. The molecule has 0 bridgehead atoms. The van der Waals surface area contributed by atoms with Crippen LogP contribution in [-0.4, -0.2) is 20.2 Å². The van der Waals surface area contributed by atoms with Crippen LogP contribution >= 0.6 is 22.9 Å². The lowest BCUT2D eigenvalue weighted by atomic mass is 10.1. The molecular weight excluding hydrogens is 356 g/mol. The van der Waals surface area contributed by atoms with Crippen molar-refractivity contribution in [2.75, 3.05) is 5.32 Å². The summed E-state index contributed by atoms with van der Waals surface area (Å²) in [6.07, 6.45) is 3.61.